The molecule has 5 rings (SSSR count). The number of ether oxygens (including phenoxy) is 3. The number of anilines is 1. The maximum absolute atomic E-state index is 12.9. The smallest absolute Gasteiger partial charge is 0.233 e. The number of allylic oxidation sites excluding steroid dienone is 1. The number of carbonyl (C=O) groups is 4. The molecule has 1 spiro atoms. The number of epoxide rings is 2. The molecule has 0 bridgehead atoms. The molecule has 222 valence electrons. The molecule has 1 saturated carbocycles. The van der Waals surface area contributed by atoms with E-state index in [-0.39, 0.29) is 71.0 Å². The first-order valence-corrected chi connectivity index (χ1v) is 15.4. The Kier molecular flexibility index (Phi) is 8.76. The van der Waals surface area contributed by atoms with Gasteiger partial charge in [-0.05, 0) is 70.7 Å². The molecule has 4 aliphatic rings. The number of ketones is 1. The van der Waals surface area contributed by atoms with Gasteiger partial charge in [-0.25, -0.2) is 0 Å². The Morgan fingerprint density at radius 2 is 1.85 bits per heavy atom. The van der Waals surface area contributed by atoms with E-state index in [4.69, 9.17) is 14.2 Å². The van der Waals surface area contributed by atoms with E-state index in [1.807, 2.05) is 0 Å². The number of benzene rings is 1. The third kappa shape index (κ3) is 6.45. The minimum absolute atomic E-state index is 0.0145. The minimum atomic E-state index is -0.386. The third-order valence-electron chi connectivity index (χ3n) is 8.77. The van der Waals surface area contributed by atoms with Gasteiger partial charge in [0, 0.05) is 30.8 Å². The van der Waals surface area contributed by atoms with Gasteiger partial charge < -0.3 is 19.5 Å². The highest BCUT2D eigenvalue weighted by atomic mass is 32.2. The number of amides is 3. The lowest BCUT2D eigenvalue weighted by molar-refractivity contribution is -0.131. The van der Waals surface area contributed by atoms with E-state index in [0.29, 0.717) is 38.0 Å². The highest BCUT2D eigenvalue weighted by Gasteiger charge is 2.71. The van der Waals surface area contributed by atoms with Crippen LogP contribution < -0.4 is 10.2 Å². The fraction of sp³-hybridized carbons (Fsp3) is 0.613. The van der Waals surface area contributed by atoms with Crippen molar-refractivity contribution in [3.05, 3.63) is 35.9 Å². The standard InChI is InChI=1S/C31H40N2O7S/c1-19(2)8-13-24-30(3,40-24)29-28(38-4)23(14-15-31(29)18-39-31)32-25(35)16-21(34)17-41-22-11-9-20(10-12-22)33-26(36)6-5-7-27(33)37/h8-12,23-24,28-29H,5-7,13-18H2,1-4H3,(H,32,35)/t23-,24-,28-,29-,30-,31+/m1/s1. The van der Waals surface area contributed by atoms with Crippen LogP contribution in [-0.4, -0.2) is 72.4 Å². The highest BCUT2D eigenvalue weighted by molar-refractivity contribution is 8.00. The fourth-order valence-corrected chi connectivity index (χ4v) is 7.28. The van der Waals surface area contributed by atoms with Crippen molar-refractivity contribution in [3.8, 4) is 0 Å². The molecule has 10 heteroatoms. The summed E-state index contributed by atoms with van der Waals surface area (Å²) in [7, 11) is 1.67. The summed E-state index contributed by atoms with van der Waals surface area (Å²) >= 11 is 1.33. The average Bonchev–Trinajstić information content (AvgIpc) is 3.84. The lowest BCUT2D eigenvalue weighted by Gasteiger charge is -2.43. The Bertz CT molecular complexity index is 1210. The summed E-state index contributed by atoms with van der Waals surface area (Å²) in [5.41, 5.74) is 1.14. The number of rotatable bonds is 11. The molecule has 6 atom stereocenters. The van der Waals surface area contributed by atoms with Crippen LogP contribution in [0.2, 0.25) is 0 Å². The van der Waals surface area contributed by atoms with Crippen LogP contribution in [0.3, 0.4) is 0 Å². The van der Waals surface area contributed by atoms with Crippen LogP contribution in [0.4, 0.5) is 5.69 Å². The molecule has 1 N–H and O–H groups in total. The van der Waals surface area contributed by atoms with E-state index < -0.39 is 0 Å². The number of carbonyl (C=O) groups excluding carboxylic acids is 4. The Hall–Kier alpha value is -2.53. The molecule has 0 aromatic heterocycles. The van der Waals surface area contributed by atoms with Crippen molar-refractivity contribution < 1.29 is 33.4 Å². The zero-order valence-electron chi connectivity index (χ0n) is 24.3. The van der Waals surface area contributed by atoms with Crippen molar-refractivity contribution in [2.75, 3.05) is 24.4 Å². The van der Waals surface area contributed by atoms with E-state index in [0.717, 1.165) is 17.7 Å². The van der Waals surface area contributed by atoms with Gasteiger partial charge in [-0.15, -0.1) is 11.8 Å². The van der Waals surface area contributed by atoms with Crippen molar-refractivity contribution in [1.29, 1.82) is 0 Å². The summed E-state index contributed by atoms with van der Waals surface area (Å²) in [6, 6.07) is 6.78. The number of nitrogens with zero attached hydrogens (tertiary/aromatic N) is 1. The number of imide groups is 1. The van der Waals surface area contributed by atoms with Gasteiger partial charge in [-0.1, -0.05) is 11.6 Å². The number of piperidine rings is 1. The monoisotopic (exact) mass is 584 g/mol. The average molecular weight is 585 g/mol. The normalized spacial score (nSPS) is 32.5. The van der Waals surface area contributed by atoms with Crippen molar-refractivity contribution in [2.24, 2.45) is 5.92 Å². The van der Waals surface area contributed by atoms with Crippen LogP contribution >= 0.6 is 11.8 Å². The molecule has 4 fully saturated rings. The van der Waals surface area contributed by atoms with Crippen LogP contribution in [0.5, 0.6) is 0 Å². The summed E-state index contributed by atoms with van der Waals surface area (Å²) in [6.07, 6.45) is 5.47. The topological polar surface area (TPSA) is 118 Å². The molecule has 3 aliphatic heterocycles. The van der Waals surface area contributed by atoms with Gasteiger partial charge in [-0.3, -0.25) is 24.1 Å². The minimum Gasteiger partial charge on any atom is -0.379 e. The number of Topliss-reactive ketones (excluding diaryl/α,β-unsaturated/α-hetero) is 1. The van der Waals surface area contributed by atoms with Crippen molar-refractivity contribution in [3.63, 3.8) is 0 Å². The molecule has 1 aliphatic carbocycles. The SMILES string of the molecule is CO[C@@H]1[C@H](NC(=O)CC(=O)CSc2ccc(N3C(=O)CCCC3=O)cc2)CC[C@]2(CO2)[C@H]1[C@]1(C)O[C@@H]1CC=C(C)C. The lowest BCUT2D eigenvalue weighted by atomic mass is 9.67. The maximum Gasteiger partial charge on any atom is 0.233 e. The lowest BCUT2D eigenvalue weighted by Crippen LogP contribution is -2.59. The predicted molar refractivity (Wildman–Crippen MR) is 155 cm³/mol. The second-order valence-corrected chi connectivity index (χ2v) is 13.1. The van der Waals surface area contributed by atoms with Gasteiger partial charge in [0.15, 0.2) is 5.78 Å². The van der Waals surface area contributed by atoms with Crippen LogP contribution in [0, 0.1) is 5.92 Å². The molecule has 3 amide bonds. The Balaban J connectivity index is 1.13. The predicted octanol–water partition coefficient (Wildman–Crippen LogP) is 3.97. The highest BCUT2D eigenvalue weighted by Crippen LogP contribution is 2.59. The van der Waals surface area contributed by atoms with Gasteiger partial charge >= 0.3 is 0 Å². The Labute approximate surface area is 245 Å². The zero-order chi connectivity index (χ0) is 29.4. The van der Waals surface area contributed by atoms with Gasteiger partial charge in [0.2, 0.25) is 17.7 Å². The molecular weight excluding hydrogens is 544 g/mol. The largest absolute Gasteiger partial charge is 0.379 e. The Morgan fingerprint density at radius 1 is 1.17 bits per heavy atom. The second-order valence-electron chi connectivity index (χ2n) is 12.0. The van der Waals surface area contributed by atoms with Gasteiger partial charge in [0.05, 0.1) is 48.3 Å². The summed E-state index contributed by atoms with van der Waals surface area (Å²) in [6.45, 7) is 6.95. The van der Waals surface area contributed by atoms with Crippen LogP contribution in [0.1, 0.15) is 65.7 Å². The summed E-state index contributed by atoms with van der Waals surface area (Å²) in [4.78, 5) is 52.0. The maximum atomic E-state index is 12.9. The van der Waals surface area contributed by atoms with Crippen LogP contribution in [0.15, 0.2) is 40.8 Å². The first-order chi connectivity index (χ1) is 19.6. The molecule has 9 nitrogen and oxygen atoms in total. The van der Waals surface area contributed by atoms with E-state index in [2.05, 4.69) is 32.2 Å². The van der Waals surface area contributed by atoms with E-state index in [9.17, 15) is 19.2 Å². The number of hydrogen-bond acceptors (Lipinski definition) is 8. The van der Waals surface area contributed by atoms with E-state index >= 15 is 0 Å². The molecule has 1 aromatic rings. The first-order valence-electron chi connectivity index (χ1n) is 14.4. The molecule has 0 radical (unpaired) electrons. The number of nitrogens with one attached hydrogen (secondary N) is 1. The quantitative estimate of drug-likeness (QED) is 0.137. The van der Waals surface area contributed by atoms with Crippen LogP contribution in [0.25, 0.3) is 0 Å². The molecule has 3 heterocycles. The molecular formula is C31H40N2O7S. The third-order valence-corrected chi connectivity index (χ3v) is 9.84. The molecule has 3 saturated heterocycles. The van der Waals surface area contributed by atoms with Crippen molar-refractivity contribution in [2.45, 2.75) is 100 Å². The molecule has 41 heavy (non-hydrogen) atoms. The summed E-state index contributed by atoms with van der Waals surface area (Å²) < 4.78 is 18.2. The second kappa shape index (κ2) is 12.0. The zero-order valence-corrected chi connectivity index (χ0v) is 25.1. The Morgan fingerprint density at radius 3 is 2.46 bits per heavy atom. The summed E-state index contributed by atoms with van der Waals surface area (Å²) in [5, 5.41) is 3.08. The first kappa shape index (κ1) is 29.9. The van der Waals surface area contributed by atoms with Gasteiger partial charge in [0.1, 0.15) is 5.60 Å². The van der Waals surface area contributed by atoms with Crippen molar-refractivity contribution >= 4 is 41.0 Å². The molecule has 1 aromatic carbocycles. The van der Waals surface area contributed by atoms with Crippen molar-refractivity contribution in [1.82, 2.24) is 5.32 Å². The molecule has 0 unspecified atom stereocenters. The summed E-state index contributed by atoms with van der Waals surface area (Å²) in [5.74, 6) is -0.742. The number of hydrogen-bond donors (Lipinski definition) is 1. The number of thioether (sulfide) groups is 1. The van der Waals surface area contributed by atoms with E-state index in [1.54, 1.807) is 31.4 Å². The van der Waals surface area contributed by atoms with Gasteiger partial charge in [-0.2, -0.15) is 0 Å². The van der Waals surface area contributed by atoms with Crippen LogP contribution in [-0.2, 0) is 33.4 Å². The van der Waals surface area contributed by atoms with E-state index in [1.165, 1.54) is 22.2 Å². The number of methoxy groups -OCH3 is 1. The fourth-order valence-electron chi connectivity index (χ4n) is 6.53. The van der Waals surface area contributed by atoms with Gasteiger partial charge in [0.25, 0.3) is 0 Å².